The molecule has 1 aliphatic carbocycles. The summed E-state index contributed by atoms with van der Waals surface area (Å²) in [5, 5.41) is 13.6. The fourth-order valence-corrected chi connectivity index (χ4v) is 5.61. The molecule has 2 aromatic heterocycles. The quantitative estimate of drug-likeness (QED) is 0.604. The number of aromatic nitrogens is 5. The fraction of sp³-hybridized carbons (Fsp3) is 0.500. The van der Waals surface area contributed by atoms with Gasteiger partial charge in [0.25, 0.3) is 5.91 Å². The molecule has 3 aromatic rings. The minimum absolute atomic E-state index is 0.108. The zero-order chi connectivity index (χ0) is 22.5. The second-order valence-corrected chi connectivity index (χ2v) is 9.23. The van der Waals surface area contributed by atoms with Crippen molar-refractivity contribution in [3.63, 3.8) is 0 Å². The molecule has 6 rings (SSSR count). The number of carbonyl (C=O) groups is 1. The molecule has 172 valence electrons. The summed E-state index contributed by atoms with van der Waals surface area (Å²) in [5.74, 6) is -0.0244. The molecule has 0 bridgehead atoms. The van der Waals surface area contributed by atoms with Gasteiger partial charge in [0.05, 0.1) is 11.7 Å². The molecule has 33 heavy (non-hydrogen) atoms. The van der Waals surface area contributed by atoms with Crippen LogP contribution < -0.4 is 0 Å². The van der Waals surface area contributed by atoms with Crippen LogP contribution in [-0.2, 0) is 25.8 Å². The Hall–Kier alpha value is -3.10. The van der Waals surface area contributed by atoms with Gasteiger partial charge in [-0.3, -0.25) is 4.79 Å². The third-order valence-corrected chi connectivity index (χ3v) is 7.23. The Morgan fingerprint density at radius 3 is 2.73 bits per heavy atom. The third kappa shape index (κ3) is 3.36. The van der Waals surface area contributed by atoms with Crippen LogP contribution in [0.5, 0.6) is 0 Å². The number of aryl methyl sites for hydroxylation is 1. The smallest absolute Gasteiger partial charge is 0.275 e. The van der Waals surface area contributed by atoms with E-state index in [1.807, 2.05) is 4.90 Å². The van der Waals surface area contributed by atoms with Crippen molar-refractivity contribution in [2.75, 3.05) is 6.54 Å². The monoisotopic (exact) mass is 452 g/mol. The first-order valence-electron chi connectivity index (χ1n) is 11.9. The van der Waals surface area contributed by atoms with E-state index in [1.54, 1.807) is 4.68 Å². The average molecular weight is 453 g/mol. The van der Waals surface area contributed by atoms with Gasteiger partial charge < -0.3 is 9.47 Å². The highest BCUT2D eigenvalue weighted by atomic mass is 19.2. The second-order valence-electron chi connectivity index (χ2n) is 9.23. The van der Waals surface area contributed by atoms with Crippen LogP contribution in [0.4, 0.5) is 8.78 Å². The first kappa shape index (κ1) is 20.5. The first-order valence-corrected chi connectivity index (χ1v) is 11.9. The molecule has 0 N–H and O–H groups in total. The van der Waals surface area contributed by atoms with E-state index in [4.69, 9.17) is 0 Å². The van der Waals surface area contributed by atoms with E-state index in [0.29, 0.717) is 17.9 Å². The Balaban J connectivity index is 1.36. The number of fused-ring (bicyclic) bond motifs is 2. The molecule has 1 fully saturated rings. The van der Waals surface area contributed by atoms with E-state index in [2.05, 4.69) is 19.9 Å². The van der Waals surface area contributed by atoms with Gasteiger partial charge >= 0.3 is 0 Å². The fourth-order valence-electron chi connectivity index (χ4n) is 5.61. The van der Waals surface area contributed by atoms with E-state index in [-0.39, 0.29) is 11.9 Å². The van der Waals surface area contributed by atoms with Gasteiger partial charge in [0.1, 0.15) is 5.82 Å². The number of rotatable bonds is 3. The maximum absolute atomic E-state index is 13.9. The summed E-state index contributed by atoms with van der Waals surface area (Å²) >= 11 is 0. The van der Waals surface area contributed by atoms with Gasteiger partial charge in [0, 0.05) is 36.8 Å². The molecule has 3 aliphatic rings. The molecule has 1 aromatic carbocycles. The molecule has 7 nitrogen and oxygen atoms in total. The van der Waals surface area contributed by atoms with E-state index >= 15 is 0 Å². The van der Waals surface area contributed by atoms with E-state index < -0.39 is 11.6 Å². The van der Waals surface area contributed by atoms with Crippen molar-refractivity contribution in [2.45, 2.75) is 70.4 Å². The number of likely N-dealkylation sites (tertiary alicyclic amines) is 1. The minimum atomic E-state index is -0.922. The maximum atomic E-state index is 13.9. The Labute approximate surface area is 190 Å². The van der Waals surface area contributed by atoms with Crippen LogP contribution in [0.3, 0.4) is 0 Å². The molecule has 1 amide bonds. The molecule has 1 unspecified atom stereocenters. The number of nitrogens with zero attached hydrogens (tertiary/aromatic N) is 6. The topological polar surface area (TPSA) is 68.8 Å². The maximum Gasteiger partial charge on any atom is 0.275 e. The third-order valence-electron chi connectivity index (χ3n) is 7.23. The van der Waals surface area contributed by atoms with Crippen LogP contribution in [0.25, 0.3) is 5.69 Å². The number of hydrogen-bond donors (Lipinski definition) is 0. The Bertz CT molecular complexity index is 1230. The summed E-state index contributed by atoms with van der Waals surface area (Å²) in [6, 6.07) is 3.63. The summed E-state index contributed by atoms with van der Waals surface area (Å²) in [5.41, 5.74) is 2.70. The summed E-state index contributed by atoms with van der Waals surface area (Å²) < 4.78 is 31.2. The van der Waals surface area contributed by atoms with Gasteiger partial charge in [-0.25, -0.2) is 13.5 Å². The van der Waals surface area contributed by atoms with Crippen molar-refractivity contribution >= 4 is 5.91 Å². The van der Waals surface area contributed by atoms with Crippen molar-refractivity contribution in [1.29, 1.82) is 0 Å². The van der Waals surface area contributed by atoms with Crippen molar-refractivity contribution in [1.82, 2.24) is 29.4 Å². The van der Waals surface area contributed by atoms with Crippen LogP contribution in [-0.4, -0.2) is 41.9 Å². The Morgan fingerprint density at radius 2 is 1.85 bits per heavy atom. The summed E-state index contributed by atoms with van der Waals surface area (Å²) in [7, 11) is 0. The molecule has 9 heteroatoms. The highest BCUT2D eigenvalue weighted by molar-refractivity contribution is 5.94. The molecule has 0 spiro atoms. The number of hydrogen-bond acceptors (Lipinski definition) is 4. The van der Waals surface area contributed by atoms with Crippen molar-refractivity contribution in [3.05, 3.63) is 58.4 Å². The van der Waals surface area contributed by atoms with Crippen LogP contribution in [0, 0.1) is 11.6 Å². The second kappa shape index (κ2) is 8.04. The van der Waals surface area contributed by atoms with Gasteiger partial charge in [-0.2, -0.15) is 5.10 Å². The standard InChI is InChI=1S/C24H26F2N6O/c25-17-11-10-15(14-18(17)26)32-19-7-4-6-16(19)22(29-32)24(33)30-13-5-8-20(30)23-28-27-21-9-2-1-3-12-31(21)23/h10-11,14,20H,1-9,12-13H2. The lowest BCUT2D eigenvalue weighted by Gasteiger charge is -2.24. The van der Waals surface area contributed by atoms with Gasteiger partial charge in [-0.05, 0) is 57.1 Å². The van der Waals surface area contributed by atoms with Crippen molar-refractivity contribution in [3.8, 4) is 5.69 Å². The van der Waals surface area contributed by atoms with Gasteiger partial charge in [-0.15, -0.1) is 10.2 Å². The van der Waals surface area contributed by atoms with Crippen molar-refractivity contribution in [2.24, 2.45) is 0 Å². The highest BCUT2D eigenvalue weighted by Crippen LogP contribution is 2.36. The Kier molecular flexibility index (Phi) is 4.99. The van der Waals surface area contributed by atoms with E-state index in [0.717, 1.165) is 93.0 Å². The average Bonchev–Trinajstić information content (AvgIpc) is 3.57. The van der Waals surface area contributed by atoms with Crippen LogP contribution in [0.2, 0.25) is 0 Å². The molecule has 0 radical (unpaired) electrons. The molecular formula is C24H26F2N6O. The number of benzene rings is 1. The van der Waals surface area contributed by atoms with Gasteiger partial charge in [-0.1, -0.05) is 6.42 Å². The lowest BCUT2D eigenvalue weighted by atomic mass is 10.1. The normalized spacial score (nSPS) is 20.1. The predicted octanol–water partition coefficient (Wildman–Crippen LogP) is 3.93. The van der Waals surface area contributed by atoms with E-state index in [9.17, 15) is 13.6 Å². The van der Waals surface area contributed by atoms with Crippen molar-refractivity contribution < 1.29 is 13.6 Å². The molecule has 2 aliphatic heterocycles. The number of carbonyl (C=O) groups excluding carboxylic acids is 1. The molecule has 1 atom stereocenters. The predicted molar refractivity (Wildman–Crippen MR) is 116 cm³/mol. The van der Waals surface area contributed by atoms with E-state index in [1.165, 1.54) is 12.5 Å². The zero-order valence-corrected chi connectivity index (χ0v) is 18.4. The van der Waals surface area contributed by atoms with Crippen LogP contribution in [0.1, 0.15) is 78.0 Å². The molecule has 1 saturated heterocycles. The zero-order valence-electron chi connectivity index (χ0n) is 18.4. The SMILES string of the molecule is O=C(c1nn(-c2ccc(F)c(F)c2)c2c1CCC2)N1CCCC1c1nnc2n1CCCCC2. The summed E-state index contributed by atoms with van der Waals surface area (Å²) in [6.45, 7) is 1.55. The van der Waals surface area contributed by atoms with Gasteiger partial charge in [0.2, 0.25) is 0 Å². The minimum Gasteiger partial charge on any atom is -0.327 e. The lowest BCUT2D eigenvalue weighted by molar-refractivity contribution is 0.0719. The summed E-state index contributed by atoms with van der Waals surface area (Å²) in [4.78, 5) is 15.7. The molecule has 4 heterocycles. The van der Waals surface area contributed by atoms with Crippen LogP contribution in [0.15, 0.2) is 18.2 Å². The summed E-state index contributed by atoms with van der Waals surface area (Å²) in [6.07, 6.45) is 8.54. The van der Waals surface area contributed by atoms with Crippen LogP contribution >= 0.6 is 0 Å². The highest BCUT2D eigenvalue weighted by Gasteiger charge is 2.38. The largest absolute Gasteiger partial charge is 0.327 e. The lowest BCUT2D eigenvalue weighted by Crippen LogP contribution is -2.33. The first-order chi connectivity index (χ1) is 16.1. The molecular weight excluding hydrogens is 426 g/mol. The number of amides is 1. The Morgan fingerprint density at radius 1 is 0.939 bits per heavy atom. The molecule has 0 saturated carbocycles. The van der Waals surface area contributed by atoms with Gasteiger partial charge in [0.15, 0.2) is 23.2 Å². The number of halogens is 2.